The van der Waals surface area contributed by atoms with Gasteiger partial charge in [0, 0.05) is 0 Å². The highest BCUT2D eigenvalue weighted by Gasteiger charge is 2.40. The second-order valence-corrected chi connectivity index (χ2v) is 8.09. The average molecular weight is 406 g/mol. The highest BCUT2D eigenvalue weighted by atomic mass is 35.5. The largest absolute Gasteiger partial charge is 0.272 e. The zero-order valence-corrected chi connectivity index (χ0v) is 16.9. The normalized spacial score (nSPS) is 14.6. The third-order valence-corrected chi connectivity index (χ3v) is 5.84. The summed E-state index contributed by atoms with van der Waals surface area (Å²) in [5, 5.41) is 0.676. The highest BCUT2D eigenvalue weighted by molar-refractivity contribution is 8.04. The molecule has 0 spiro atoms. The number of hydrogen-bond donors (Lipinski definition) is 0. The molecule has 0 fully saturated rings. The Balaban J connectivity index is 2.13. The zero-order valence-electron chi connectivity index (χ0n) is 14.6. The van der Waals surface area contributed by atoms with Crippen molar-refractivity contribution in [2.24, 2.45) is 0 Å². The Kier molecular flexibility index (Phi) is 5.47. The van der Waals surface area contributed by atoms with Crippen molar-refractivity contribution in [2.75, 3.05) is 10.7 Å². The van der Waals surface area contributed by atoms with E-state index >= 15 is 0 Å². The van der Waals surface area contributed by atoms with Crippen LogP contribution in [0.5, 0.6) is 0 Å². The van der Waals surface area contributed by atoms with Gasteiger partial charge in [-0.15, -0.1) is 11.8 Å². The summed E-state index contributed by atoms with van der Waals surface area (Å²) >= 11 is 13.4. The smallest absolute Gasteiger partial charge is 0.268 e. The summed E-state index contributed by atoms with van der Waals surface area (Å²) in [5.74, 6) is 0.0318. The predicted octanol–water partition coefficient (Wildman–Crippen LogP) is 5.65. The van der Waals surface area contributed by atoms with Crippen molar-refractivity contribution in [3.8, 4) is 0 Å². The Morgan fingerprint density at radius 2 is 1.69 bits per heavy atom. The second kappa shape index (κ2) is 7.47. The van der Waals surface area contributed by atoms with Gasteiger partial charge in [-0.1, -0.05) is 53.9 Å². The first-order chi connectivity index (χ1) is 12.3. The molecule has 0 radical (unpaired) electrons. The maximum Gasteiger partial charge on any atom is 0.272 e. The number of imide groups is 1. The Hall–Kier alpha value is -1.75. The molecule has 1 heterocycles. The van der Waals surface area contributed by atoms with E-state index in [2.05, 4.69) is 0 Å². The molecule has 2 aromatic carbocycles. The van der Waals surface area contributed by atoms with Gasteiger partial charge in [0.25, 0.3) is 11.8 Å². The highest BCUT2D eigenvalue weighted by Crippen LogP contribution is 2.40. The van der Waals surface area contributed by atoms with Crippen molar-refractivity contribution in [3.63, 3.8) is 0 Å². The first-order valence-electron chi connectivity index (χ1n) is 8.13. The molecule has 0 saturated heterocycles. The average Bonchev–Trinajstić information content (AvgIpc) is 2.82. The van der Waals surface area contributed by atoms with Crippen LogP contribution >= 0.6 is 35.0 Å². The van der Waals surface area contributed by atoms with E-state index in [1.54, 1.807) is 18.2 Å². The minimum absolute atomic E-state index is 0.300. The summed E-state index contributed by atoms with van der Waals surface area (Å²) in [5.41, 5.74) is 3.72. The summed E-state index contributed by atoms with van der Waals surface area (Å²) in [6.45, 7) is 5.90. The van der Waals surface area contributed by atoms with E-state index in [0.717, 1.165) is 16.7 Å². The summed E-state index contributed by atoms with van der Waals surface area (Å²) in [4.78, 5) is 27.9. The van der Waals surface area contributed by atoms with E-state index in [1.165, 1.54) is 16.7 Å². The topological polar surface area (TPSA) is 37.4 Å². The summed E-state index contributed by atoms with van der Waals surface area (Å²) in [6.07, 6.45) is 0. The molecule has 0 saturated carbocycles. The SMILES string of the molecule is CCSC1=C(c2ccc(C)cc2C)C(=O)N(c2ccc(Cl)c(Cl)c2)C1=O. The fraction of sp³-hybridized carbons (Fsp3) is 0.200. The van der Waals surface area contributed by atoms with Crippen molar-refractivity contribution in [3.05, 3.63) is 68.0 Å². The Labute approximate surface area is 167 Å². The molecule has 1 aliphatic rings. The number of hydrogen-bond acceptors (Lipinski definition) is 3. The summed E-state index contributed by atoms with van der Waals surface area (Å²) in [7, 11) is 0. The fourth-order valence-corrected chi connectivity index (χ4v) is 4.12. The van der Waals surface area contributed by atoms with Gasteiger partial charge in [0.2, 0.25) is 0 Å². The van der Waals surface area contributed by atoms with Crippen LogP contribution in [0, 0.1) is 13.8 Å². The number of thioether (sulfide) groups is 1. The molecule has 2 amide bonds. The van der Waals surface area contributed by atoms with Gasteiger partial charge in [-0.2, -0.15) is 0 Å². The molecule has 0 bridgehead atoms. The van der Waals surface area contributed by atoms with Crippen molar-refractivity contribution in [2.45, 2.75) is 20.8 Å². The van der Waals surface area contributed by atoms with Gasteiger partial charge in [-0.25, -0.2) is 4.90 Å². The van der Waals surface area contributed by atoms with Gasteiger partial charge in [0.15, 0.2) is 0 Å². The molecular weight excluding hydrogens is 389 g/mol. The van der Waals surface area contributed by atoms with Crippen LogP contribution in [0.15, 0.2) is 41.3 Å². The number of carbonyl (C=O) groups is 2. The number of benzene rings is 2. The molecule has 0 aromatic heterocycles. The molecule has 134 valence electrons. The molecular formula is C20H17Cl2NO2S. The van der Waals surface area contributed by atoms with Crippen molar-refractivity contribution < 1.29 is 9.59 Å². The minimum Gasteiger partial charge on any atom is -0.268 e. The van der Waals surface area contributed by atoms with E-state index in [1.807, 2.05) is 39.0 Å². The predicted molar refractivity (Wildman–Crippen MR) is 110 cm³/mol. The Bertz CT molecular complexity index is 953. The van der Waals surface area contributed by atoms with Crippen LogP contribution in [0.25, 0.3) is 5.57 Å². The molecule has 0 atom stereocenters. The van der Waals surface area contributed by atoms with Crippen LogP contribution in [0.3, 0.4) is 0 Å². The maximum atomic E-state index is 13.2. The van der Waals surface area contributed by atoms with Crippen LogP contribution in [0.1, 0.15) is 23.6 Å². The lowest BCUT2D eigenvalue weighted by atomic mass is 9.99. The van der Waals surface area contributed by atoms with E-state index in [9.17, 15) is 9.59 Å². The lowest BCUT2D eigenvalue weighted by molar-refractivity contribution is -0.119. The summed E-state index contributed by atoms with van der Waals surface area (Å²) in [6, 6.07) is 10.6. The molecule has 3 nitrogen and oxygen atoms in total. The standard InChI is InChI=1S/C20H17Cl2NO2S/c1-4-26-18-17(14-7-5-11(2)9-12(14)3)19(24)23(20(18)25)13-6-8-15(21)16(22)10-13/h5-10H,4H2,1-3H3. The van der Waals surface area contributed by atoms with Crippen molar-refractivity contribution >= 4 is 58.0 Å². The lowest BCUT2D eigenvalue weighted by Crippen LogP contribution is -2.31. The van der Waals surface area contributed by atoms with Gasteiger partial charge < -0.3 is 0 Å². The van der Waals surface area contributed by atoms with E-state index in [4.69, 9.17) is 23.2 Å². The van der Waals surface area contributed by atoms with Crippen LogP contribution < -0.4 is 4.90 Å². The van der Waals surface area contributed by atoms with Crippen LogP contribution in [0.2, 0.25) is 10.0 Å². The van der Waals surface area contributed by atoms with Crippen molar-refractivity contribution in [1.82, 2.24) is 0 Å². The molecule has 3 rings (SSSR count). The third-order valence-electron chi connectivity index (χ3n) is 4.14. The summed E-state index contributed by atoms with van der Waals surface area (Å²) < 4.78 is 0. The number of aryl methyl sites for hydroxylation is 2. The van der Waals surface area contributed by atoms with E-state index in [0.29, 0.717) is 32.0 Å². The Morgan fingerprint density at radius 3 is 2.31 bits per heavy atom. The van der Waals surface area contributed by atoms with Crippen LogP contribution in [-0.2, 0) is 9.59 Å². The maximum absolute atomic E-state index is 13.2. The molecule has 0 aliphatic carbocycles. The van der Waals surface area contributed by atoms with Gasteiger partial charge in [-0.3, -0.25) is 9.59 Å². The van der Waals surface area contributed by atoms with E-state index in [-0.39, 0.29) is 11.8 Å². The molecule has 26 heavy (non-hydrogen) atoms. The molecule has 0 N–H and O–H groups in total. The fourth-order valence-electron chi connectivity index (χ4n) is 2.98. The second-order valence-electron chi connectivity index (χ2n) is 6.00. The lowest BCUT2D eigenvalue weighted by Gasteiger charge is -2.16. The van der Waals surface area contributed by atoms with Gasteiger partial charge in [0.1, 0.15) is 0 Å². The minimum atomic E-state index is -0.337. The monoisotopic (exact) mass is 405 g/mol. The number of amides is 2. The van der Waals surface area contributed by atoms with Crippen molar-refractivity contribution in [1.29, 1.82) is 0 Å². The first-order valence-corrected chi connectivity index (χ1v) is 9.87. The van der Waals surface area contributed by atoms with Crippen LogP contribution in [-0.4, -0.2) is 17.6 Å². The van der Waals surface area contributed by atoms with Gasteiger partial charge >= 0.3 is 0 Å². The third kappa shape index (κ3) is 3.29. The van der Waals surface area contributed by atoms with Crippen LogP contribution in [0.4, 0.5) is 5.69 Å². The molecule has 2 aromatic rings. The number of carbonyl (C=O) groups excluding carboxylic acids is 2. The zero-order chi connectivity index (χ0) is 19.0. The van der Waals surface area contributed by atoms with Gasteiger partial charge in [0.05, 0.1) is 26.2 Å². The number of rotatable bonds is 4. The number of nitrogens with zero attached hydrogens (tertiary/aromatic N) is 1. The first kappa shape index (κ1) is 19.0. The quantitative estimate of drug-likeness (QED) is 0.616. The number of anilines is 1. The number of halogens is 2. The molecule has 6 heteroatoms. The Morgan fingerprint density at radius 1 is 0.962 bits per heavy atom. The van der Waals surface area contributed by atoms with Gasteiger partial charge in [-0.05, 0) is 48.9 Å². The van der Waals surface area contributed by atoms with E-state index < -0.39 is 0 Å². The molecule has 0 unspecified atom stereocenters. The molecule has 1 aliphatic heterocycles.